The van der Waals surface area contributed by atoms with Gasteiger partial charge in [-0.25, -0.2) is 9.36 Å². The normalized spacial score (nSPS) is 11.2. The van der Waals surface area contributed by atoms with E-state index in [0.29, 0.717) is 0 Å². The molecule has 6 nitrogen and oxygen atoms in total. The lowest BCUT2D eigenvalue weighted by atomic mass is 10.1. The van der Waals surface area contributed by atoms with E-state index >= 15 is 0 Å². The van der Waals surface area contributed by atoms with E-state index in [2.05, 4.69) is 58.0 Å². The second-order valence-electron chi connectivity index (χ2n) is 7.83. The van der Waals surface area contributed by atoms with Gasteiger partial charge >= 0.3 is 0 Å². The molecule has 0 fully saturated rings. The zero-order valence-corrected chi connectivity index (χ0v) is 17.7. The third-order valence-corrected chi connectivity index (χ3v) is 5.74. The SMILES string of the molecule is N=Cc1ccccc1Nc1cc(-n2ncc3ccccc32)cc(-n2ncc3ccccc32)c1. The first-order valence-corrected chi connectivity index (χ1v) is 10.7. The summed E-state index contributed by atoms with van der Waals surface area (Å²) in [5, 5.41) is 22.7. The van der Waals surface area contributed by atoms with Gasteiger partial charge in [0.15, 0.2) is 0 Å². The monoisotopic (exact) mass is 428 g/mol. The highest BCUT2D eigenvalue weighted by Crippen LogP contribution is 2.28. The van der Waals surface area contributed by atoms with Gasteiger partial charge in [-0.2, -0.15) is 10.2 Å². The molecule has 0 amide bonds. The Kier molecular flexibility index (Phi) is 4.47. The van der Waals surface area contributed by atoms with E-state index in [0.717, 1.165) is 50.1 Å². The van der Waals surface area contributed by atoms with Crippen LogP contribution in [0, 0.1) is 5.41 Å². The van der Waals surface area contributed by atoms with E-state index in [1.165, 1.54) is 6.21 Å². The maximum absolute atomic E-state index is 7.75. The van der Waals surface area contributed by atoms with Crippen molar-refractivity contribution in [3.63, 3.8) is 0 Å². The molecule has 158 valence electrons. The largest absolute Gasteiger partial charge is 0.355 e. The molecule has 2 heterocycles. The van der Waals surface area contributed by atoms with E-state index in [-0.39, 0.29) is 0 Å². The second kappa shape index (κ2) is 7.76. The quantitative estimate of drug-likeness (QED) is 0.326. The maximum Gasteiger partial charge on any atom is 0.0741 e. The smallest absolute Gasteiger partial charge is 0.0741 e. The molecule has 0 aliphatic heterocycles. The summed E-state index contributed by atoms with van der Waals surface area (Å²) in [4.78, 5) is 0. The molecule has 33 heavy (non-hydrogen) atoms. The lowest BCUT2D eigenvalue weighted by molar-refractivity contribution is 0.886. The van der Waals surface area contributed by atoms with Gasteiger partial charge in [0.2, 0.25) is 0 Å². The fourth-order valence-corrected chi connectivity index (χ4v) is 4.16. The van der Waals surface area contributed by atoms with Crippen molar-refractivity contribution < 1.29 is 0 Å². The van der Waals surface area contributed by atoms with Crippen LogP contribution < -0.4 is 5.32 Å². The summed E-state index contributed by atoms with van der Waals surface area (Å²) in [5.74, 6) is 0. The van der Waals surface area contributed by atoms with Crippen LogP contribution in [-0.4, -0.2) is 25.8 Å². The molecule has 0 bridgehead atoms. The molecule has 0 aliphatic rings. The van der Waals surface area contributed by atoms with Crippen LogP contribution in [0.25, 0.3) is 33.2 Å². The Hall–Kier alpha value is -4.71. The molecule has 0 atom stereocenters. The molecule has 0 aliphatic carbocycles. The number of para-hydroxylation sites is 3. The minimum atomic E-state index is 0.818. The van der Waals surface area contributed by atoms with Crippen LogP contribution >= 0.6 is 0 Å². The predicted molar refractivity (Wildman–Crippen MR) is 133 cm³/mol. The minimum absolute atomic E-state index is 0.818. The second-order valence-corrected chi connectivity index (χ2v) is 7.83. The van der Waals surface area contributed by atoms with Gasteiger partial charge in [-0.3, -0.25) is 0 Å². The fourth-order valence-electron chi connectivity index (χ4n) is 4.16. The summed E-state index contributed by atoms with van der Waals surface area (Å²) >= 11 is 0. The first-order chi connectivity index (χ1) is 16.3. The fraction of sp³-hybridized carbons (Fsp3) is 0. The molecule has 2 aromatic heterocycles. The Morgan fingerprint density at radius 3 is 1.82 bits per heavy atom. The molecule has 4 aromatic carbocycles. The summed E-state index contributed by atoms with van der Waals surface area (Å²) in [6, 6.07) is 30.3. The number of aromatic nitrogens is 4. The standard InChI is InChI=1S/C27H20N6/c28-16-19-7-1-4-10-25(19)31-22-13-23(32-26-11-5-2-8-20(26)17-29-32)15-24(14-22)33-27-12-6-3-9-21(27)18-30-33/h1-18,28,31H. The molecule has 6 aromatic rings. The lowest BCUT2D eigenvalue weighted by Gasteiger charge is -2.14. The van der Waals surface area contributed by atoms with Gasteiger partial charge in [-0.05, 0) is 36.4 Å². The van der Waals surface area contributed by atoms with Gasteiger partial charge in [0.1, 0.15) is 0 Å². The number of benzene rings is 4. The zero-order chi connectivity index (χ0) is 22.2. The van der Waals surface area contributed by atoms with Crippen LogP contribution in [0.15, 0.2) is 103 Å². The highest BCUT2D eigenvalue weighted by Gasteiger charge is 2.12. The van der Waals surface area contributed by atoms with Crippen molar-refractivity contribution in [1.82, 2.24) is 19.6 Å². The van der Waals surface area contributed by atoms with Crippen molar-refractivity contribution in [2.45, 2.75) is 0 Å². The number of nitrogens with one attached hydrogen (secondary N) is 2. The number of anilines is 2. The van der Waals surface area contributed by atoms with E-state index in [9.17, 15) is 0 Å². The molecule has 0 radical (unpaired) electrons. The molecule has 6 rings (SSSR count). The Balaban J connectivity index is 1.55. The number of fused-ring (bicyclic) bond motifs is 2. The average molecular weight is 428 g/mol. The summed E-state index contributed by atoms with van der Waals surface area (Å²) in [6.07, 6.45) is 5.11. The molecule has 0 saturated carbocycles. The molecule has 0 saturated heterocycles. The molecular formula is C27H20N6. The third kappa shape index (κ3) is 3.34. The molecule has 0 unspecified atom stereocenters. The van der Waals surface area contributed by atoms with Gasteiger partial charge in [0.25, 0.3) is 0 Å². The lowest BCUT2D eigenvalue weighted by Crippen LogP contribution is -2.03. The van der Waals surface area contributed by atoms with E-state index < -0.39 is 0 Å². The van der Waals surface area contributed by atoms with Crippen LogP contribution in [0.3, 0.4) is 0 Å². The van der Waals surface area contributed by atoms with Gasteiger partial charge in [-0.1, -0.05) is 54.6 Å². The van der Waals surface area contributed by atoms with Crippen LogP contribution in [0.1, 0.15) is 5.56 Å². The van der Waals surface area contributed by atoms with E-state index in [1.54, 1.807) is 0 Å². The summed E-state index contributed by atoms with van der Waals surface area (Å²) in [5.41, 5.74) is 6.48. The number of rotatable bonds is 5. The highest BCUT2D eigenvalue weighted by molar-refractivity contribution is 5.88. The maximum atomic E-state index is 7.75. The summed E-state index contributed by atoms with van der Waals surface area (Å²) in [7, 11) is 0. The Labute approximate surface area is 190 Å². The number of nitrogens with zero attached hydrogens (tertiary/aromatic N) is 4. The van der Waals surface area contributed by atoms with E-state index in [4.69, 9.17) is 5.41 Å². The Morgan fingerprint density at radius 2 is 1.21 bits per heavy atom. The third-order valence-electron chi connectivity index (χ3n) is 5.74. The minimum Gasteiger partial charge on any atom is -0.355 e. The Bertz CT molecular complexity index is 1530. The van der Waals surface area contributed by atoms with Crippen molar-refractivity contribution in [2.24, 2.45) is 0 Å². The average Bonchev–Trinajstić information content (AvgIpc) is 3.49. The topological polar surface area (TPSA) is 71.5 Å². The first-order valence-electron chi connectivity index (χ1n) is 10.7. The van der Waals surface area contributed by atoms with E-state index in [1.807, 2.05) is 70.3 Å². The summed E-state index contributed by atoms with van der Waals surface area (Å²) in [6.45, 7) is 0. The van der Waals surface area contributed by atoms with Crippen LogP contribution in [0.2, 0.25) is 0 Å². The van der Waals surface area contributed by atoms with Gasteiger partial charge in [-0.15, -0.1) is 0 Å². The molecule has 0 spiro atoms. The predicted octanol–water partition coefficient (Wildman–Crippen LogP) is 6.11. The van der Waals surface area contributed by atoms with Gasteiger partial charge in [0.05, 0.1) is 34.8 Å². The summed E-state index contributed by atoms with van der Waals surface area (Å²) < 4.78 is 3.89. The van der Waals surface area contributed by atoms with Crippen LogP contribution in [0.4, 0.5) is 11.4 Å². The van der Waals surface area contributed by atoms with Crippen molar-refractivity contribution in [3.8, 4) is 11.4 Å². The van der Waals surface area contributed by atoms with Gasteiger partial charge in [0, 0.05) is 33.9 Å². The number of hydrogen-bond donors (Lipinski definition) is 2. The zero-order valence-electron chi connectivity index (χ0n) is 17.7. The first kappa shape index (κ1) is 19.0. The van der Waals surface area contributed by atoms with Crippen molar-refractivity contribution >= 4 is 39.4 Å². The van der Waals surface area contributed by atoms with Crippen LogP contribution in [-0.2, 0) is 0 Å². The van der Waals surface area contributed by atoms with Gasteiger partial charge < -0.3 is 10.7 Å². The Morgan fingerprint density at radius 1 is 0.667 bits per heavy atom. The number of hydrogen-bond acceptors (Lipinski definition) is 4. The molecular weight excluding hydrogens is 408 g/mol. The van der Waals surface area contributed by atoms with Crippen molar-refractivity contribution in [1.29, 1.82) is 5.41 Å². The highest BCUT2D eigenvalue weighted by atomic mass is 15.3. The van der Waals surface area contributed by atoms with Crippen molar-refractivity contribution in [2.75, 3.05) is 5.32 Å². The molecule has 6 heteroatoms. The molecule has 2 N–H and O–H groups in total. The van der Waals surface area contributed by atoms with Crippen molar-refractivity contribution in [3.05, 3.63) is 109 Å². The van der Waals surface area contributed by atoms with Crippen LogP contribution in [0.5, 0.6) is 0 Å².